The van der Waals surface area contributed by atoms with Crippen LogP contribution >= 0.6 is 12.2 Å². The summed E-state index contributed by atoms with van der Waals surface area (Å²) in [6, 6.07) is 4.29. The van der Waals surface area contributed by atoms with Gasteiger partial charge in [-0.05, 0) is 36.5 Å². The summed E-state index contributed by atoms with van der Waals surface area (Å²) in [6.45, 7) is 3.03. The molecule has 18 heavy (non-hydrogen) atoms. The SMILES string of the molecule is [CH2]C(=O)NNC(=S)Nc1ccc(C(F)(F)F)cc1. The lowest BCUT2D eigenvalue weighted by atomic mass is 10.2. The maximum Gasteiger partial charge on any atom is 0.416 e. The van der Waals surface area contributed by atoms with Gasteiger partial charge in [-0.15, -0.1) is 0 Å². The van der Waals surface area contributed by atoms with E-state index in [1.54, 1.807) is 0 Å². The summed E-state index contributed by atoms with van der Waals surface area (Å²) in [6.07, 6.45) is -4.38. The molecule has 0 bridgehead atoms. The molecule has 0 aliphatic rings. The van der Waals surface area contributed by atoms with Crippen LogP contribution in [0.15, 0.2) is 24.3 Å². The number of halogens is 3. The second kappa shape index (κ2) is 5.67. The molecule has 8 heteroatoms. The highest BCUT2D eigenvalue weighted by molar-refractivity contribution is 7.80. The van der Waals surface area contributed by atoms with Crippen molar-refractivity contribution < 1.29 is 18.0 Å². The van der Waals surface area contributed by atoms with Gasteiger partial charge in [-0.3, -0.25) is 15.6 Å². The minimum absolute atomic E-state index is 0.0340. The molecule has 0 aliphatic heterocycles. The molecule has 1 aromatic rings. The van der Waals surface area contributed by atoms with E-state index in [-0.39, 0.29) is 5.11 Å². The number of alkyl halides is 3. The van der Waals surface area contributed by atoms with Crippen molar-refractivity contribution in [1.82, 2.24) is 10.9 Å². The van der Waals surface area contributed by atoms with Crippen LogP contribution in [0.3, 0.4) is 0 Å². The third-order valence-corrected chi connectivity index (χ3v) is 1.99. The summed E-state index contributed by atoms with van der Waals surface area (Å²) in [5.41, 5.74) is 4.04. The van der Waals surface area contributed by atoms with Gasteiger partial charge in [-0.1, -0.05) is 0 Å². The van der Waals surface area contributed by atoms with E-state index in [1.807, 2.05) is 0 Å². The highest BCUT2D eigenvalue weighted by atomic mass is 32.1. The highest BCUT2D eigenvalue weighted by Gasteiger charge is 2.29. The molecule has 1 aromatic carbocycles. The van der Waals surface area contributed by atoms with Gasteiger partial charge in [0.1, 0.15) is 0 Å². The number of anilines is 1. The Balaban J connectivity index is 2.59. The van der Waals surface area contributed by atoms with Gasteiger partial charge in [-0.25, -0.2) is 0 Å². The van der Waals surface area contributed by atoms with E-state index in [9.17, 15) is 18.0 Å². The lowest BCUT2D eigenvalue weighted by molar-refractivity contribution is -0.137. The fourth-order valence-corrected chi connectivity index (χ4v) is 1.20. The lowest BCUT2D eigenvalue weighted by Gasteiger charge is -2.11. The standard InChI is InChI=1S/C10H9F3N3OS/c1-6(17)15-16-9(18)14-8-4-2-7(3-5-8)10(11,12)13/h2-5H,1H2,(H,15,17)(H2,14,16,18). The van der Waals surface area contributed by atoms with E-state index in [1.165, 1.54) is 12.1 Å². The Kier molecular flexibility index (Phi) is 4.49. The molecule has 0 aliphatic carbocycles. The van der Waals surface area contributed by atoms with Crippen LogP contribution in [-0.4, -0.2) is 11.0 Å². The third kappa shape index (κ3) is 4.58. The molecule has 1 rings (SSSR count). The molecular weight excluding hydrogens is 267 g/mol. The van der Waals surface area contributed by atoms with E-state index in [0.717, 1.165) is 12.1 Å². The maximum absolute atomic E-state index is 12.3. The van der Waals surface area contributed by atoms with E-state index in [4.69, 9.17) is 12.2 Å². The molecule has 0 fully saturated rings. The number of carbonyl (C=O) groups is 1. The van der Waals surface area contributed by atoms with Gasteiger partial charge in [0.2, 0.25) is 5.91 Å². The lowest BCUT2D eigenvalue weighted by Crippen LogP contribution is -2.42. The second-order valence-electron chi connectivity index (χ2n) is 3.20. The van der Waals surface area contributed by atoms with Crippen molar-refractivity contribution >= 4 is 28.9 Å². The van der Waals surface area contributed by atoms with E-state index in [0.29, 0.717) is 5.69 Å². The summed E-state index contributed by atoms with van der Waals surface area (Å²) in [5.74, 6) is -0.591. The van der Waals surface area contributed by atoms with Crippen LogP contribution in [0.25, 0.3) is 0 Å². The minimum atomic E-state index is -4.38. The first kappa shape index (κ1) is 14.2. The van der Waals surface area contributed by atoms with Crippen LogP contribution in [0.1, 0.15) is 5.56 Å². The zero-order valence-corrected chi connectivity index (χ0v) is 9.78. The summed E-state index contributed by atoms with van der Waals surface area (Å²) in [7, 11) is 0. The molecule has 0 spiro atoms. The maximum atomic E-state index is 12.3. The summed E-state index contributed by atoms with van der Waals surface area (Å²) < 4.78 is 36.8. The molecule has 97 valence electrons. The number of benzene rings is 1. The van der Waals surface area contributed by atoms with Gasteiger partial charge in [0.05, 0.1) is 5.56 Å². The van der Waals surface area contributed by atoms with Gasteiger partial charge in [-0.2, -0.15) is 13.2 Å². The van der Waals surface area contributed by atoms with Crippen molar-refractivity contribution in [1.29, 1.82) is 0 Å². The number of hydrogen-bond donors (Lipinski definition) is 3. The smallest absolute Gasteiger partial charge is 0.331 e. The zero-order valence-electron chi connectivity index (χ0n) is 8.97. The molecule has 1 amide bonds. The molecule has 0 unspecified atom stereocenters. The van der Waals surface area contributed by atoms with Crippen LogP contribution in [0.5, 0.6) is 0 Å². The third-order valence-electron chi connectivity index (χ3n) is 1.79. The van der Waals surface area contributed by atoms with E-state index in [2.05, 4.69) is 23.1 Å². The first-order valence-corrected chi connectivity index (χ1v) is 5.06. The van der Waals surface area contributed by atoms with Crippen LogP contribution in [0.4, 0.5) is 18.9 Å². The zero-order chi connectivity index (χ0) is 13.8. The van der Waals surface area contributed by atoms with Gasteiger partial charge in [0.15, 0.2) is 5.11 Å². The predicted octanol–water partition coefficient (Wildman–Crippen LogP) is 1.86. The fraction of sp³-hybridized carbons (Fsp3) is 0.100. The van der Waals surface area contributed by atoms with E-state index >= 15 is 0 Å². The molecule has 0 atom stereocenters. The monoisotopic (exact) mass is 276 g/mol. The van der Waals surface area contributed by atoms with Gasteiger partial charge in [0, 0.05) is 12.6 Å². The first-order valence-electron chi connectivity index (χ1n) is 4.65. The van der Waals surface area contributed by atoms with Crippen LogP contribution in [0.2, 0.25) is 0 Å². The van der Waals surface area contributed by atoms with Gasteiger partial charge in [0.25, 0.3) is 0 Å². The molecule has 4 nitrogen and oxygen atoms in total. The van der Waals surface area contributed by atoms with E-state index < -0.39 is 17.6 Å². The Morgan fingerprint density at radius 1 is 1.17 bits per heavy atom. The number of hydrazine groups is 1. The Morgan fingerprint density at radius 2 is 1.72 bits per heavy atom. The summed E-state index contributed by atoms with van der Waals surface area (Å²) in [5, 5.41) is 2.62. The largest absolute Gasteiger partial charge is 0.416 e. The normalized spacial score (nSPS) is 10.7. The number of amides is 1. The first-order chi connectivity index (χ1) is 8.29. The van der Waals surface area contributed by atoms with Crippen molar-refractivity contribution in [2.45, 2.75) is 6.18 Å². The van der Waals surface area contributed by atoms with Crippen LogP contribution in [-0.2, 0) is 11.0 Å². The van der Waals surface area contributed by atoms with Gasteiger partial charge >= 0.3 is 6.18 Å². The molecule has 3 N–H and O–H groups in total. The van der Waals surface area contributed by atoms with Gasteiger partial charge < -0.3 is 5.32 Å². The predicted molar refractivity (Wildman–Crippen MR) is 64.3 cm³/mol. The molecule has 0 saturated heterocycles. The van der Waals surface area contributed by atoms with Crippen LogP contribution in [0, 0.1) is 6.92 Å². The molecule has 1 radical (unpaired) electrons. The topological polar surface area (TPSA) is 53.2 Å². The highest BCUT2D eigenvalue weighted by Crippen LogP contribution is 2.29. The molecular formula is C10H9F3N3OS. The number of nitrogens with one attached hydrogen (secondary N) is 3. The van der Waals surface area contributed by atoms with Crippen molar-refractivity contribution in [3.8, 4) is 0 Å². The van der Waals surface area contributed by atoms with Crippen molar-refractivity contribution in [3.05, 3.63) is 36.8 Å². The summed E-state index contributed by atoms with van der Waals surface area (Å²) >= 11 is 4.77. The Morgan fingerprint density at radius 3 is 2.17 bits per heavy atom. The number of carbonyl (C=O) groups excluding carboxylic acids is 1. The molecule has 0 aromatic heterocycles. The number of rotatable bonds is 1. The quantitative estimate of drug-likeness (QED) is 0.541. The average Bonchev–Trinajstić information content (AvgIpc) is 2.26. The average molecular weight is 276 g/mol. The Hall–Kier alpha value is -1.83. The number of hydrogen-bond acceptors (Lipinski definition) is 2. The number of thiocarbonyl (C=S) groups is 1. The second-order valence-corrected chi connectivity index (χ2v) is 3.61. The Bertz CT molecular complexity index is 445. The minimum Gasteiger partial charge on any atom is -0.331 e. The fourth-order valence-electron chi connectivity index (χ4n) is 1.03. The molecule has 0 saturated carbocycles. The Labute approximate surface area is 107 Å². The van der Waals surface area contributed by atoms with Crippen LogP contribution < -0.4 is 16.2 Å². The van der Waals surface area contributed by atoms with Crippen molar-refractivity contribution in [3.63, 3.8) is 0 Å². The van der Waals surface area contributed by atoms with Crippen molar-refractivity contribution in [2.24, 2.45) is 0 Å². The summed E-state index contributed by atoms with van der Waals surface area (Å²) in [4.78, 5) is 10.5. The molecule has 0 heterocycles. The van der Waals surface area contributed by atoms with Crippen molar-refractivity contribution in [2.75, 3.05) is 5.32 Å².